The molecule has 0 saturated heterocycles. The van der Waals surface area contributed by atoms with Crippen LogP contribution in [0.4, 0.5) is 23.4 Å². The summed E-state index contributed by atoms with van der Waals surface area (Å²) in [6.07, 6.45) is -0.132. The third-order valence-corrected chi connectivity index (χ3v) is 4.72. The van der Waals surface area contributed by atoms with E-state index < -0.39 is 28.9 Å². The molecule has 1 saturated carbocycles. The van der Waals surface area contributed by atoms with Gasteiger partial charge in [-0.1, -0.05) is 18.2 Å². The molecule has 144 valence electrons. The van der Waals surface area contributed by atoms with Crippen molar-refractivity contribution >= 4 is 11.7 Å². The summed E-state index contributed by atoms with van der Waals surface area (Å²) in [6.45, 7) is 0. The van der Waals surface area contributed by atoms with Crippen LogP contribution in [0.3, 0.4) is 0 Å². The van der Waals surface area contributed by atoms with Crippen molar-refractivity contribution in [2.75, 3.05) is 5.32 Å². The van der Waals surface area contributed by atoms with E-state index in [2.05, 4.69) is 15.4 Å². The summed E-state index contributed by atoms with van der Waals surface area (Å²) in [4.78, 5) is 16.3. The molecule has 0 radical (unpaired) electrons. The number of rotatable bonds is 4. The molecule has 1 fully saturated rings. The van der Waals surface area contributed by atoms with E-state index >= 15 is 0 Å². The Balaban J connectivity index is 1.55. The molecule has 4 rings (SSSR count). The minimum Gasteiger partial charge on any atom is -0.308 e. The van der Waals surface area contributed by atoms with Crippen LogP contribution in [0.1, 0.15) is 24.0 Å². The number of nitrogens with zero attached hydrogens (tertiary/aromatic N) is 3. The number of aromatic nitrogens is 3. The second-order valence-corrected chi connectivity index (χ2v) is 6.59. The first-order valence-corrected chi connectivity index (χ1v) is 8.44. The van der Waals surface area contributed by atoms with Gasteiger partial charge in [0.05, 0.1) is 22.9 Å². The summed E-state index contributed by atoms with van der Waals surface area (Å²) in [5.41, 5.74) is -1.41. The maximum absolute atomic E-state index is 14.1. The molecule has 1 aliphatic carbocycles. The van der Waals surface area contributed by atoms with E-state index in [1.165, 1.54) is 29.2 Å². The molecule has 1 aromatic carbocycles. The number of carbonyl (C=O) groups is 1. The topological polar surface area (TPSA) is 59.8 Å². The smallest absolute Gasteiger partial charge is 0.308 e. The van der Waals surface area contributed by atoms with Gasteiger partial charge in [-0.2, -0.15) is 18.3 Å². The first-order valence-electron chi connectivity index (χ1n) is 8.44. The lowest BCUT2D eigenvalue weighted by atomic mass is 9.94. The van der Waals surface area contributed by atoms with Crippen LogP contribution in [-0.2, 0) is 16.4 Å². The van der Waals surface area contributed by atoms with Crippen LogP contribution in [-0.4, -0.2) is 20.7 Å². The molecule has 1 N–H and O–H groups in total. The van der Waals surface area contributed by atoms with Crippen LogP contribution >= 0.6 is 0 Å². The Kier molecular flexibility index (Phi) is 4.17. The largest absolute Gasteiger partial charge is 0.417 e. The second-order valence-electron chi connectivity index (χ2n) is 6.59. The third-order valence-electron chi connectivity index (χ3n) is 4.72. The summed E-state index contributed by atoms with van der Waals surface area (Å²) >= 11 is 0. The van der Waals surface area contributed by atoms with Crippen LogP contribution in [0.25, 0.3) is 5.69 Å². The Labute approximate surface area is 157 Å². The Bertz CT molecular complexity index is 1040. The summed E-state index contributed by atoms with van der Waals surface area (Å²) in [5, 5.41) is 6.71. The van der Waals surface area contributed by atoms with E-state index in [-0.39, 0.29) is 11.5 Å². The first-order chi connectivity index (χ1) is 13.3. The van der Waals surface area contributed by atoms with Crippen LogP contribution in [0.5, 0.6) is 0 Å². The highest BCUT2D eigenvalue weighted by Crippen LogP contribution is 2.49. The lowest BCUT2D eigenvalue weighted by molar-refractivity contribution is -0.137. The normalized spacial score (nSPS) is 15.3. The molecular formula is C19H14F4N4O. The summed E-state index contributed by atoms with van der Waals surface area (Å²) in [5.74, 6) is -0.689. The highest BCUT2D eigenvalue weighted by atomic mass is 19.4. The van der Waals surface area contributed by atoms with Crippen molar-refractivity contribution in [3.8, 4) is 5.69 Å². The fourth-order valence-electron chi connectivity index (χ4n) is 3.07. The molecule has 1 amide bonds. The van der Waals surface area contributed by atoms with Crippen LogP contribution in [0, 0.1) is 5.82 Å². The zero-order valence-corrected chi connectivity index (χ0v) is 14.4. The van der Waals surface area contributed by atoms with E-state index in [1.54, 1.807) is 18.2 Å². The Hall–Kier alpha value is -3.23. The van der Waals surface area contributed by atoms with Crippen LogP contribution < -0.4 is 5.32 Å². The maximum Gasteiger partial charge on any atom is 0.417 e. The minimum absolute atomic E-state index is 0.102. The van der Waals surface area contributed by atoms with Crippen molar-refractivity contribution in [2.45, 2.75) is 24.4 Å². The SMILES string of the molecule is O=C(Nc1ccn(-c2cncc(C(F)(F)F)c2)n1)C1(c2ccccc2F)CC1. The zero-order chi connectivity index (χ0) is 19.9. The highest BCUT2D eigenvalue weighted by Gasteiger charge is 2.52. The van der Waals surface area contributed by atoms with Crippen molar-refractivity contribution in [1.82, 2.24) is 14.8 Å². The molecule has 0 spiro atoms. The molecule has 5 nitrogen and oxygen atoms in total. The molecule has 28 heavy (non-hydrogen) atoms. The van der Waals surface area contributed by atoms with E-state index in [0.717, 1.165) is 12.3 Å². The summed E-state index contributed by atoms with van der Waals surface area (Å²) in [6, 6.07) is 8.47. The number of halogens is 4. The monoisotopic (exact) mass is 390 g/mol. The molecule has 0 unspecified atom stereocenters. The third kappa shape index (κ3) is 3.23. The van der Waals surface area contributed by atoms with Gasteiger partial charge in [-0.3, -0.25) is 9.78 Å². The van der Waals surface area contributed by atoms with Gasteiger partial charge in [0.2, 0.25) is 5.91 Å². The van der Waals surface area contributed by atoms with Crippen LogP contribution in [0.2, 0.25) is 0 Å². The van der Waals surface area contributed by atoms with Crippen molar-refractivity contribution in [2.24, 2.45) is 0 Å². The van der Waals surface area contributed by atoms with Crippen LogP contribution in [0.15, 0.2) is 55.0 Å². The van der Waals surface area contributed by atoms with Crippen molar-refractivity contribution in [3.63, 3.8) is 0 Å². The van der Waals surface area contributed by atoms with Crippen molar-refractivity contribution in [3.05, 3.63) is 71.9 Å². The van der Waals surface area contributed by atoms with Gasteiger partial charge in [0, 0.05) is 24.0 Å². The molecular weight excluding hydrogens is 376 g/mol. The maximum atomic E-state index is 14.1. The van der Waals surface area contributed by atoms with Gasteiger partial charge in [-0.05, 0) is 25.0 Å². The van der Waals surface area contributed by atoms with E-state index in [4.69, 9.17) is 0 Å². The first kappa shape index (κ1) is 18.1. The lowest BCUT2D eigenvalue weighted by Gasteiger charge is -2.15. The molecule has 0 bridgehead atoms. The van der Waals surface area contributed by atoms with Crippen molar-refractivity contribution in [1.29, 1.82) is 0 Å². The number of alkyl halides is 3. The zero-order valence-electron chi connectivity index (χ0n) is 14.4. The average molecular weight is 390 g/mol. The molecule has 0 aliphatic heterocycles. The number of hydrogen-bond acceptors (Lipinski definition) is 3. The number of carbonyl (C=O) groups excluding carboxylic acids is 1. The van der Waals surface area contributed by atoms with Crippen molar-refractivity contribution < 1.29 is 22.4 Å². The van der Waals surface area contributed by atoms with E-state index in [1.807, 2.05) is 0 Å². The van der Waals surface area contributed by atoms with Gasteiger partial charge in [0.25, 0.3) is 0 Å². The molecule has 1 aliphatic rings. The molecule has 9 heteroatoms. The fraction of sp³-hybridized carbons (Fsp3) is 0.211. The number of pyridine rings is 1. The van der Waals surface area contributed by atoms with Gasteiger partial charge in [0.15, 0.2) is 5.82 Å². The predicted octanol–water partition coefficient (Wildman–Crippen LogP) is 4.10. The molecule has 2 aromatic heterocycles. The number of benzene rings is 1. The average Bonchev–Trinajstić information content (AvgIpc) is 3.34. The number of nitrogens with one attached hydrogen (secondary N) is 1. The Morgan fingerprint density at radius 2 is 1.89 bits per heavy atom. The molecule has 2 heterocycles. The second kappa shape index (κ2) is 6.43. The summed E-state index contributed by atoms with van der Waals surface area (Å²) < 4.78 is 53.8. The van der Waals surface area contributed by atoms with Gasteiger partial charge >= 0.3 is 6.18 Å². The summed E-state index contributed by atoms with van der Waals surface area (Å²) in [7, 11) is 0. The Morgan fingerprint density at radius 1 is 1.14 bits per heavy atom. The predicted molar refractivity (Wildman–Crippen MR) is 92.3 cm³/mol. The Morgan fingerprint density at radius 3 is 2.57 bits per heavy atom. The lowest BCUT2D eigenvalue weighted by Crippen LogP contribution is -2.29. The van der Waals surface area contributed by atoms with E-state index in [9.17, 15) is 22.4 Å². The fourth-order valence-corrected chi connectivity index (χ4v) is 3.07. The number of hydrogen-bond donors (Lipinski definition) is 1. The highest BCUT2D eigenvalue weighted by molar-refractivity contribution is 6.00. The van der Waals surface area contributed by atoms with Gasteiger partial charge in [-0.15, -0.1) is 0 Å². The minimum atomic E-state index is -4.52. The van der Waals surface area contributed by atoms with Gasteiger partial charge < -0.3 is 5.32 Å². The van der Waals surface area contributed by atoms with Gasteiger partial charge in [-0.25, -0.2) is 9.07 Å². The number of anilines is 1. The molecule has 3 aromatic rings. The quantitative estimate of drug-likeness (QED) is 0.683. The standard InChI is InChI=1S/C19H14F4N4O/c20-15-4-2-1-3-14(15)18(6-7-18)17(28)25-16-5-8-27(26-16)13-9-12(10-24-11-13)19(21,22)23/h1-5,8-11H,6-7H2,(H,25,26,28). The number of amides is 1. The van der Waals surface area contributed by atoms with E-state index in [0.29, 0.717) is 18.4 Å². The van der Waals surface area contributed by atoms with Gasteiger partial charge in [0.1, 0.15) is 5.82 Å². The molecule has 0 atom stereocenters.